The summed E-state index contributed by atoms with van der Waals surface area (Å²) in [5, 5.41) is 9.43. The van der Waals surface area contributed by atoms with Gasteiger partial charge in [0.15, 0.2) is 0 Å². The fraction of sp³-hybridized carbons (Fsp3) is 0.235. The summed E-state index contributed by atoms with van der Waals surface area (Å²) < 4.78 is 0. The summed E-state index contributed by atoms with van der Waals surface area (Å²) in [6, 6.07) is 14.8. The van der Waals surface area contributed by atoms with Crippen LogP contribution >= 0.6 is 0 Å². The van der Waals surface area contributed by atoms with Crippen LogP contribution in [-0.2, 0) is 0 Å². The van der Waals surface area contributed by atoms with E-state index in [1.807, 2.05) is 35.2 Å². The lowest BCUT2D eigenvalue weighted by atomic mass is 10.1. The number of rotatable bonds is 6. The Morgan fingerprint density at radius 3 is 2.48 bits per heavy atom. The molecule has 0 amide bonds. The number of anilines is 3. The number of unbranched alkanes of at least 4 members (excludes halogenated alkanes) is 1. The Morgan fingerprint density at radius 1 is 1.14 bits per heavy atom. The molecule has 4 heteroatoms. The summed E-state index contributed by atoms with van der Waals surface area (Å²) in [5.74, 6) is -0.963. The van der Waals surface area contributed by atoms with Gasteiger partial charge in [0.2, 0.25) is 0 Å². The molecule has 4 nitrogen and oxygen atoms in total. The molecule has 2 aromatic rings. The maximum atomic E-state index is 11.5. The summed E-state index contributed by atoms with van der Waals surface area (Å²) in [4.78, 5) is 13.5. The van der Waals surface area contributed by atoms with Gasteiger partial charge in [-0.15, -0.1) is 0 Å². The normalized spacial score (nSPS) is 10.3. The molecule has 0 fully saturated rings. The minimum Gasteiger partial charge on any atom is -0.478 e. The minimum absolute atomic E-state index is 0.231. The summed E-state index contributed by atoms with van der Waals surface area (Å²) >= 11 is 0. The first-order valence-electron chi connectivity index (χ1n) is 7.09. The lowest BCUT2D eigenvalue weighted by Crippen LogP contribution is -2.22. The average Bonchev–Trinajstić information content (AvgIpc) is 2.49. The molecule has 21 heavy (non-hydrogen) atoms. The van der Waals surface area contributed by atoms with Crippen LogP contribution in [0.4, 0.5) is 17.1 Å². The van der Waals surface area contributed by atoms with Crippen LogP contribution < -0.4 is 10.6 Å². The van der Waals surface area contributed by atoms with Gasteiger partial charge in [0.25, 0.3) is 0 Å². The van der Waals surface area contributed by atoms with Crippen molar-refractivity contribution < 1.29 is 9.90 Å². The molecule has 0 saturated carbocycles. The second kappa shape index (κ2) is 6.79. The molecule has 2 aromatic carbocycles. The van der Waals surface area contributed by atoms with Gasteiger partial charge in [0.05, 0.1) is 16.9 Å². The van der Waals surface area contributed by atoms with Crippen molar-refractivity contribution in [2.24, 2.45) is 0 Å². The van der Waals surface area contributed by atoms with Crippen molar-refractivity contribution in [2.75, 3.05) is 17.2 Å². The molecule has 0 unspecified atom stereocenters. The van der Waals surface area contributed by atoms with Gasteiger partial charge in [-0.05, 0) is 30.7 Å². The molecule has 0 heterocycles. The Hall–Kier alpha value is -2.49. The standard InChI is InChI=1S/C17H20N2O2/c1-2-3-12-19(13-8-5-4-6-9-13)16-14(17(20)21)10-7-11-15(16)18/h4-11H,2-3,12,18H2,1H3,(H,20,21). The molecule has 3 N–H and O–H groups in total. The fourth-order valence-electron chi connectivity index (χ4n) is 2.33. The third-order valence-corrected chi connectivity index (χ3v) is 3.37. The predicted molar refractivity (Wildman–Crippen MR) is 86.2 cm³/mol. The average molecular weight is 284 g/mol. The number of nitrogens with two attached hydrogens (primary N) is 1. The van der Waals surface area contributed by atoms with Crippen LogP contribution in [0.25, 0.3) is 0 Å². The van der Waals surface area contributed by atoms with Gasteiger partial charge in [0, 0.05) is 12.2 Å². The van der Waals surface area contributed by atoms with Crippen molar-refractivity contribution in [3.8, 4) is 0 Å². The lowest BCUT2D eigenvalue weighted by Gasteiger charge is -2.27. The molecule has 0 aliphatic carbocycles. The Labute approximate surface area is 124 Å². The first-order valence-corrected chi connectivity index (χ1v) is 7.09. The van der Waals surface area contributed by atoms with Gasteiger partial charge in [-0.25, -0.2) is 4.79 Å². The number of carbonyl (C=O) groups is 1. The van der Waals surface area contributed by atoms with Gasteiger partial charge in [-0.2, -0.15) is 0 Å². The molecule has 0 radical (unpaired) electrons. The second-order valence-corrected chi connectivity index (χ2v) is 4.89. The molecule has 2 rings (SSSR count). The van der Waals surface area contributed by atoms with E-state index in [0.717, 1.165) is 25.1 Å². The molecule has 0 aromatic heterocycles. The van der Waals surface area contributed by atoms with E-state index in [9.17, 15) is 9.90 Å². The highest BCUT2D eigenvalue weighted by atomic mass is 16.4. The second-order valence-electron chi connectivity index (χ2n) is 4.89. The van der Waals surface area contributed by atoms with Crippen molar-refractivity contribution in [3.05, 3.63) is 54.1 Å². The van der Waals surface area contributed by atoms with Crippen LogP contribution in [0, 0.1) is 0 Å². The first kappa shape index (κ1) is 14.9. The van der Waals surface area contributed by atoms with Crippen molar-refractivity contribution in [1.29, 1.82) is 0 Å². The molecule has 0 aliphatic rings. The molecule has 0 bridgehead atoms. The van der Waals surface area contributed by atoms with Crippen LogP contribution in [0.15, 0.2) is 48.5 Å². The number of nitrogens with zero attached hydrogens (tertiary/aromatic N) is 1. The maximum absolute atomic E-state index is 11.5. The van der Waals surface area contributed by atoms with Crippen molar-refractivity contribution in [1.82, 2.24) is 0 Å². The molecule has 0 atom stereocenters. The largest absolute Gasteiger partial charge is 0.478 e. The van der Waals surface area contributed by atoms with E-state index in [-0.39, 0.29) is 5.56 Å². The molecule has 0 aliphatic heterocycles. The Balaban J connectivity index is 2.54. The van der Waals surface area contributed by atoms with Gasteiger partial charge in [-0.3, -0.25) is 0 Å². The maximum Gasteiger partial charge on any atom is 0.337 e. The molecule has 0 saturated heterocycles. The van der Waals surface area contributed by atoms with E-state index in [0.29, 0.717) is 11.4 Å². The summed E-state index contributed by atoms with van der Waals surface area (Å²) in [7, 11) is 0. The van der Waals surface area contributed by atoms with Crippen LogP contribution in [0.3, 0.4) is 0 Å². The number of nitrogen functional groups attached to an aromatic ring is 1. The first-order chi connectivity index (χ1) is 10.1. The number of hydrogen-bond donors (Lipinski definition) is 2. The van der Waals surface area contributed by atoms with E-state index in [2.05, 4.69) is 6.92 Å². The van der Waals surface area contributed by atoms with Gasteiger partial charge in [-0.1, -0.05) is 37.6 Å². The predicted octanol–water partition coefficient (Wildman–Crippen LogP) is 3.91. The number of hydrogen-bond acceptors (Lipinski definition) is 3. The van der Waals surface area contributed by atoms with Gasteiger partial charge < -0.3 is 15.7 Å². The van der Waals surface area contributed by atoms with E-state index < -0.39 is 5.97 Å². The number of aromatic carboxylic acids is 1. The Morgan fingerprint density at radius 2 is 1.86 bits per heavy atom. The minimum atomic E-state index is -0.963. The Bertz CT molecular complexity index is 611. The van der Waals surface area contributed by atoms with Crippen LogP contribution in [0.1, 0.15) is 30.1 Å². The zero-order valence-corrected chi connectivity index (χ0v) is 12.1. The highest BCUT2D eigenvalue weighted by molar-refractivity contribution is 5.99. The third kappa shape index (κ3) is 3.34. The van der Waals surface area contributed by atoms with Gasteiger partial charge in [0.1, 0.15) is 0 Å². The highest BCUT2D eigenvalue weighted by Gasteiger charge is 2.19. The number of para-hydroxylation sites is 2. The fourth-order valence-corrected chi connectivity index (χ4v) is 2.33. The smallest absolute Gasteiger partial charge is 0.337 e. The highest BCUT2D eigenvalue weighted by Crippen LogP contribution is 2.34. The SMILES string of the molecule is CCCCN(c1ccccc1)c1c(N)cccc1C(=O)O. The lowest BCUT2D eigenvalue weighted by molar-refractivity contribution is 0.0697. The van der Waals surface area contributed by atoms with Crippen molar-refractivity contribution in [3.63, 3.8) is 0 Å². The van der Waals surface area contributed by atoms with E-state index in [4.69, 9.17) is 5.73 Å². The molecule has 110 valence electrons. The van der Waals surface area contributed by atoms with E-state index in [1.54, 1.807) is 18.2 Å². The molecular weight excluding hydrogens is 264 g/mol. The van der Waals surface area contributed by atoms with Gasteiger partial charge >= 0.3 is 5.97 Å². The monoisotopic (exact) mass is 284 g/mol. The number of benzene rings is 2. The zero-order chi connectivity index (χ0) is 15.2. The zero-order valence-electron chi connectivity index (χ0n) is 12.1. The quantitative estimate of drug-likeness (QED) is 0.789. The summed E-state index contributed by atoms with van der Waals surface area (Å²) in [5.41, 5.74) is 8.30. The van der Waals surface area contributed by atoms with E-state index >= 15 is 0 Å². The third-order valence-electron chi connectivity index (χ3n) is 3.37. The number of carboxylic acid groups (broad SMARTS) is 1. The van der Waals surface area contributed by atoms with Crippen LogP contribution in [-0.4, -0.2) is 17.6 Å². The molecular formula is C17H20N2O2. The topological polar surface area (TPSA) is 66.6 Å². The summed E-state index contributed by atoms with van der Waals surface area (Å²) in [6.45, 7) is 2.84. The van der Waals surface area contributed by atoms with Crippen molar-refractivity contribution in [2.45, 2.75) is 19.8 Å². The van der Waals surface area contributed by atoms with E-state index in [1.165, 1.54) is 0 Å². The number of carboxylic acids is 1. The summed E-state index contributed by atoms with van der Waals surface area (Å²) in [6.07, 6.45) is 1.99. The molecule has 0 spiro atoms. The van der Waals surface area contributed by atoms with Crippen LogP contribution in [0.5, 0.6) is 0 Å². The Kier molecular flexibility index (Phi) is 4.82. The van der Waals surface area contributed by atoms with Crippen molar-refractivity contribution >= 4 is 23.0 Å². The van der Waals surface area contributed by atoms with Crippen LogP contribution in [0.2, 0.25) is 0 Å².